The molecule has 0 aliphatic heterocycles. The molecule has 5 heavy (non-hydrogen) atoms. The summed E-state index contributed by atoms with van der Waals surface area (Å²) in [5.41, 5.74) is 0. The first-order valence-electron chi connectivity index (χ1n) is 4.67. The Morgan fingerprint density at radius 2 is 2.80 bits per heavy atom. The first kappa shape index (κ1) is 0.648. The van der Waals surface area contributed by atoms with Gasteiger partial charge in [-0.2, -0.15) is 0 Å². The van der Waals surface area contributed by atoms with E-state index in [9.17, 15) is 0 Å². The third-order valence-electron chi connectivity index (χ3n) is 0.158. The largest absolute Gasteiger partial charge is 0.396 e. The van der Waals surface area contributed by atoms with Gasteiger partial charge in [0, 0.05) is 16.2 Å². The number of aliphatic hydroxyl groups excluding tert-OH is 1. The molecule has 0 fully saturated rings. The molecule has 0 unspecified atom stereocenters. The molecule has 0 saturated carbocycles. The lowest BCUT2D eigenvalue weighted by atomic mass is 10.2. The van der Waals surface area contributed by atoms with Gasteiger partial charge in [-0.15, -0.1) is 0 Å². The fraction of sp³-hybridized carbons (Fsp3) is 1.00. The Bertz CT molecular complexity index is 142. The fourth-order valence-corrected chi connectivity index (χ4v) is 0. The molecule has 0 amide bonds. The smallest absolute Gasteiger partial charge is 0.0453 e. The molecule has 0 aliphatic carbocycles. The molecule has 0 radical (unpaired) electrons. The first-order valence-corrected chi connectivity index (χ1v) is 1.17. The summed E-state index contributed by atoms with van der Waals surface area (Å²) in [7, 11) is 0. The zero-order valence-corrected chi connectivity index (χ0v) is 2.65. The third-order valence-corrected chi connectivity index (χ3v) is 0.158. The van der Waals surface area contributed by atoms with Gasteiger partial charge in [0.05, 0.1) is 0 Å². The van der Waals surface area contributed by atoms with Crippen LogP contribution in [-0.2, 0) is 0 Å². The highest BCUT2D eigenvalue weighted by Gasteiger charge is 1.81. The van der Waals surface area contributed by atoms with E-state index >= 15 is 0 Å². The predicted molar refractivity (Wildman–Crippen MR) is 21.9 cm³/mol. The van der Waals surface area contributed by atoms with Crippen LogP contribution in [0, 0.1) is 5.89 Å². The van der Waals surface area contributed by atoms with Gasteiger partial charge in [-0.05, 0) is 5.89 Å². The number of hydrogen-bond acceptors (Lipinski definition) is 1. The van der Waals surface area contributed by atoms with Gasteiger partial charge < -0.3 is 5.11 Å². The normalized spacial score (nSPS) is 37.4. The van der Waals surface area contributed by atoms with E-state index in [2.05, 4.69) is 0 Å². The summed E-state index contributed by atoms with van der Waals surface area (Å²) in [6.07, 6.45) is 0. The average molecular weight is 81.2 g/mol. The highest BCUT2D eigenvalue weighted by Crippen LogP contribution is 1.83. The van der Waals surface area contributed by atoms with Crippen LogP contribution in [0.4, 0.5) is 0 Å². The van der Waals surface area contributed by atoms with Crippen molar-refractivity contribution in [3.63, 3.8) is 0 Å². The SMILES string of the molecule is [2H]C([2H])([2H])C([2H])(CO)C([2H])([2H])[2H]. The molecule has 0 rings (SSSR count). The summed E-state index contributed by atoms with van der Waals surface area (Å²) in [4.78, 5) is 0. The van der Waals surface area contributed by atoms with Gasteiger partial charge in [0.1, 0.15) is 0 Å². The van der Waals surface area contributed by atoms with Crippen molar-refractivity contribution in [3.05, 3.63) is 0 Å². The first-order chi connectivity index (χ1) is 5.06. The van der Waals surface area contributed by atoms with Crippen molar-refractivity contribution in [2.45, 2.75) is 13.7 Å². The molecular formula is C4H10O. The van der Waals surface area contributed by atoms with Crippen LogP contribution in [0.15, 0.2) is 0 Å². The van der Waals surface area contributed by atoms with Gasteiger partial charge in [0.25, 0.3) is 0 Å². The number of hydrogen-bond donors (Lipinski definition) is 1. The van der Waals surface area contributed by atoms with Gasteiger partial charge >= 0.3 is 0 Å². The van der Waals surface area contributed by atoms with E-state index < -0.39 is 26.2 Å². The van der Waals surface area contributed by atoms with Crippen LogP contribution in [0.3, 0.4) is 0 Å². The van der Waals surface area contributed by atoms with Crippen LogP contribution in [0.1, 0.15) is 23.3 Å². The standard InChI is InChI=1S/C4H10O/c1-4(2)3-5/h4-5H,3H2,1-2H3/i1D3,2D3,4D. The quantitative estimate of drug-likeness (QED) is 0.491. The van der Waals surface area contributed by atoms with E-state index in [-0.39, 0.29) is 0 Å². The molecule has 0 saturated heterocycles. The summed E-state index contributed by atoms with van der Waals surface area (Å²) < 4.78 is 47.7. The second-order valence-corrected chi connectivity index (χ2v) is 0.637. The van der Waals surface area contributed by atoms with Gasteiger partial charge in [0.2, 0.25) is 0 Å². The van der Waals surface area contributed by atoms with E-state index in [4.69, 9.17) is 14.7 Å². The Morgan fingerprint density at radius 3 is 2.80 bits per heavy atom. The Kier molecular flexibility index (Phi) is 0.287. The van der Waals surface area contributed by atoms with Crippen molar-refractivity contribution < 1.29 is 14.7 Å². The van der Waals surface area contributed by atoms with Crippen LogP contribution in [0.5, 0.6) is 0 Å². The summed E-state index contributed by atoms with van der Waals surface area (Å²) in [5.74, 6) is -2.78. The molecule has 0 spiro atoms. The summed E-state index contributed by atoms with van der Waals surface area (Å²) in [5, 5.41) is 8.55. The van der Waals surface area contributed by atoms with Gasteiger partial charge in [-0.3, -0.25) is 0 Å². The van der Waals surface area contributed by atoms with Gasteiger partial charge in [-0.1, -0.05) is 13.7 Å². The molecule has 0 aromatic rings. The lowest BCUT2D eigenvalue weighted by molar-refractivity contribution is 0.248. The minimum atomic E-state index is -3.01. The molecule has 1 N–H and O–H groups in total. The van der Waals surface area contributed by atoms with Crippen LogP contribution in [0.25, 0.3) is 0 Å². The zero-order chi connectivity index (χ0) is 10.2. The molecule has 0 aromatic heterocycles. The van der Waals surface area contributed by atoms with E-state index in [0.717, 1.165) is 0 Å². The number of rotatable bonds is 1. The molecule has 0 heterocycles. The molecule has 1 heteroatoms. The highest BCUT2D eigenvalue weighted by atomic mass is 16.3. The maximum absolute atomic E-state index is 8.55. The Labute approximate surface area is 42.5 Å². The van der Waals surface area contributed by atoms with E-state index in [1.807, 2.05) is 0 Å². The second kappa shape index (κ2) is 2.21. The van der Waals surface area contributed by atoms with Crippen LogP contribution >= 0.6 is 0 Å². The minimum absolute atomic E-state index is 1.21. The second-order valence-electron chi connectivity index (χ2n) is 0.637. The van der Waals surface area contributed by atoms with Crippen LogP contribution in [0.2, 0.25) is 0 Å². The average Bonchev–Trinajstić information content (AvgIpc) is 1.81. The van der Waals surface area contributed by atoms with Crippen molar-refractivity contribution in [3.8, 4) is 0 Å². The number of aliphatic hydroxyl groups is 1. The molecule has 0 bridgehead atoms. The van der Waals surface area contributed by atoms with Crippen molar-refractivity contribution in [1.82, 2.24) is 0 Å². The minimum Gasteiger partial charge on any atom is -0.396 e. The maximum Gasteiger partial charge on any atom is 0.0453 e. The summed E-state index contributed by atoms with van der Waals surface area (Å²) >= 11 is 0. The van der Waals surface area contributed by atoms with E-state index in [1.165, 1.54) is 0 Å². The molecule has 0 aliphatic rings. The van der Waals surface area contributed by atoms with E-state index in [0.29, 0.717) is 0 Å². The summed E-state index contributed by atoms with van der Waals surface area (Å²) in [6.45, 7) is -7.22. The summed E-state index contributed by atoms with van der Waals surface area (Å²) in [6, 6.07) is 0. The molecule has 32 valence electrons. The lowest BCUT2D eigenvalue weighted by Gasteiger charge is -1.90. The van der Waals surface area contributed by atoms with Crippen LogP contribution in [-0.4, -0.2) is 11.7 Å². The molecule has 1 nitrogen and oxygen atoms in total. The molecular weight excluding hydrogens is 64.0 g/mol. The Hall–Kier alpha value is -0.0400. The monoisotopic (exact) mass is 81.1 g/mol. The maximum atomic E-state index is 8.55. The van der Waals surface area contributed by atoms with Gasteiger partial charge in [-0.25, -0.2) is 0 Å². The van der Waals surface area contributed by atoms with Crippen molar-refractivity contribution >= 4 is 0 Å². The lowest BCUT2D eigenvalue weighted by Crippen LogP contribution is -1.90. The zero-order valence-electron chi connectivity index (χ0n) is 9.65. The topological polar surface area (TPSA) is 20.2 Å². The van der Waals surface area contributed by atoms with Crippen molar-refractivity contribution in [2.75, 3.05) is 6.61 Å². The van der Waals surface area contributed by atoms with Crippen molar-refractivity contribution in [2.24, 2.45) is 5.89 Å². The highest BCUT2D eigenvalue weighted by molar-refractivity contribution is 4.32. The molecule has 0 atom stereocenters. The Morgan fingerprint density at radius 1 is 2.20 bits per heavy atom. The van der Waals surface area contributed by atoms with E-state index in [1.54, 1.807) is 0 Å². The van der Waals surface area contributed by atoms with Crippen molar-refractivity contribution in [1.29, 1.82) is 0 Å². The van der Waals surface area contributed by atoms with Gasteiger partial charge in [0.15, 0.2) is 0 Å². The molecule has 0 aromatic carbocycles. The fourth-order valence-electron chi connectivity index (χ4n) is 0. The third kappa shape index (κ3) is 3.96. The predicted octanol–water partition coefficient (Wildman–Crippen LogP) is 0.635. The Balaban J connectivity index is 4.95. The van der Waals surface area contributed by atoms with Crippen LogP contribution < -0.4 is 0 Å².